The van der Waals surface area contributed by atoms with Gasteiger partial charge in [-0.05, 0) is 55.7 Å². The Morgan fingerprint density at radius 1 is 1.06 bits per heavy atom. The molecule has 1 aliphatic heterocycles. The molecule has 1 amide bonds. The molecule has 0 bridgehead atoms. The summed E-state index contributed by atoms with van der Waals surface area (Å²) in [6.07, 6.45) is 2.57. The van der Waals surface area contributed by atoms with E-state index in [-0.39, 0.29) is 10.8 Å². The number of nitrogens with one attached hydrogen (secondary N) is 1. The maximum atomic E-state index is 12.7. The molecular formula is C24H29N5O4S. The predicted molar refractivity (Wildman–Crippen MR) is 127 cm³/mol. The van der Waals surface area contributed by atoms with Crippen molar-refractivity contribution in [3.05, 3.63) is 71.2 Å². The van der Waals surface area contributed by atoms with Crippen LogP contribution in [0.2, 0.25) is 0 Å². The number of amides is 1. The van der Waals surface area contributed by atoms with Gasteiger partial charge < -0.3 is 10.1 Å². The smallest absolute Gasteiger partial charge is 0.243 e. The van der Waals surface area contributed by atoms with Crippen LogP contribution in [0, 0.1) is 13.8 Å². The zero-order valence-electron chi connectivity index (χ0n) is 19.4. The highest BCUT2D eigenvalue weighted by Crippen LogP contribution is 2.18. The minimum atomic E-state index is -3.51. The maximum Gasteiger partial charge on any atom is 0.243 e. The van der Waals surface area contributed by atoms with Crippen molar-refractivity contribution < 1.29 is 17.9 Å². The first-order valence-electron chi connectivity index (χ1n) is 11.2. The number of hydrogen-bond donors (Lipinski definition) is 1. The van der Waals surface area contributed by atoms with Crippen LogP contribution < -0.4 is 5.32 Å². The lowest BCUT2D eigenvalue weighted by Gasteiger charge is -2.26. The fourth-order valence-corrected chi connectivity index (χ4v) is 5.23. The van der Waals surface area contributed by atoms with E-state index >= 15 is 0 Å². The maximum absolute atomic E-state index is 12.7. The number of carbonyl (C=O) groups excluding carboxylic acids is 1. The van der Waals surface area contributed by atoms with E-state index in [0.717, 1.165) is 28.3 Å². The molecule has 1 fully saturated rings. The normalized spacial score (nSPS) is 14.8. The number of benzene rings is 1. The third kappa shape index (κ3) is 5.69. The Bertz CT molecular complexity index is 1230. The molecule has 1 N–H and O–H groups in total. The number of rotatable bonds is 8. The van der Waals surface area contributed by atoms with Crippen molar-refractivity contribution in [1.29, 1.82) is 0 Å². The monoisotopic (exact) mass is 483 g/mol. The van der Waals surface area contributed by atoms with Crippen LogP contribution in [0.1, 0.15) is 28.9 Å². The van der Waals surface area contributed by atoms with Gasteiger partial charge in [-0.1, -0.05) is 18.2 Å². The second-order valence-electron chi connectivity index (χ2n) is 8.30. The number of nitrogens with zero attached hydrogens (tertiary/aromatic N) is 4. The lowest BCUT2D eigenvalue weighted by atomic mass is 10.1. The molecule has 3 aromatic rings. The quantitative estimate of drug-likeness (QED) is 0.526. The first kappa shape index (κ1) is 24.1. The molecule has 180 valence electrons. The van der Waals surface area contributed by atoms with Crippen LogP contribution in [0.4, 0.5) is 0 Å². The largest absolute Gasteiger partial charge is 0.379 e. The van der Waals surface area contributed by atoms with Crippen LogP contribution in [-0.4, -0.2) is 59.7 Å². The summed E-state index contributed by atoms with van der Waals surface area (Å²) >= 11 is 0. The SMILES string of the molecule is Cc1cc(C)n(-c2ccc(CNC(=O)CCc3ccc(S(=O)(=O)N4CCOCC4)cc3)cn2)n1. The third-order valence-corrected chi connectivity index (χ3v) is 7.61. The average Bonchev–Trinajstić information content (AvgIpc) is 3.20. The molecule has 34 heavy (non-hydrogen) atoms. The van der Waals surface area contributed by atoms with Crippen LogP contribution in [0.25, 0.3) is 5.82 Å². The van der Waals surface area contributed by atoms with Gasteiger partial charge in [0.2, 0.25) is 15.9 Å². The van der Waals surface area contributed by atoms with Gasteiger partial charge in [-0.25, -0.2) is 18.1 Å². The Labute approximate surface area is 199 Å². The van der Waals surface area contributed by atoms with Crippen molar-refractivity contribution in [3.8, 4) is 5.82 Å². The summed E-state index contributed by atoms with van der Waals surface area (Å²) in [6, 6.07) is 12.5. The van der Waals surface area contributed by atoms with E-state index in [9.17, 15) is 13.2 Å². The molecule has 4 rings (SSSR count). The molecule has 0 spiro atoms. The summed E-state index contributed by atoms with van der Waals surface area (Å²) < 4.78 is 33.9. The molecule has 0 atom stereocenters. The van der Waals surface area contributed by atoms with Crippen molar-refractivity contribution >= 4 is 15.9 Å². The Morgan fingerprint density at radius 2 is 1.76 bits per heavy atom. The number of aryl methyl sites for hydroxylation is 3. The Morgan fingerprint density at radius 3 is 2.38 bits per heavy atom. The molecule has 0 aliphatic carbocycles. The van der Waals surface area contributed by atoms with Crippen molar-refractivity contribution in [3.63, 3.8) is 0 Å². The lowest BCUT2D eigenvalue weighted by Crippen LogP contribution is -2.40. The van der Waals surface area contributed by atoms with Crippen LogP contribution in [-0.2, 0) is 32.5 Å². The first-order chi connectivity index (χ1) is 16.3. The standard InChI is InChI=1S/C24H29N5O4S/c1-18-15-19(2)29(27-18)23-9-5-21(16-25-23)17-26-24(30)10-6-20-3-7-22(8-4-20)34(31,32)28-11-13-33-14-12-28/h3-5,7-9,15-16H,6,10-14,17H2,1-2H3,(H,26,30). The first-order valence-corrected chi connectivity index (χ1v) is 12.7. The zero-order chi connectivity index (χ0) is 24.1. The number of morpholine rings is 1. The summed E-state index contributed by atoms with van der Waals surface area (Å²) in [5.41, 5.74) is 3.75. The molecule has 2 aromatic heterocycles. The highest BCUT2D eigenvalue weighted by molar-refractivity contribution is 7.89. The number of sulfonamides is 1. The fraction of sp³-hybridized carbons (Fsp3) is 0.375. The van der Waals surface area contributed by atoms with Gasteiger partial charge in [0.05, 0.1) is 23.8 Å². The molecule has 0 unspecified atom stereocenters. The number of carbonyl (C=O) groups is 1. The Kier molecular flexibility index (Phi) is 7.40. The van der Waals surface area contributed by atoms with Gasteiger partial charge >= 0.3 is 0 Å². The number of ether oxygens (including phenoxy) is 1. The molecule has 0 radical (unpaired) electrons. The summed E-state index contributed by atoms with van der Waals surface area (Å²) in [7, 11) is -3.51. The van der Waals surface area contributed by atoms with Crippen LogP contribution in [0.3, 0.4) is 0 Å². The van der Waals surface area contributed by atoms with Crippen molar-refractivity contribution in [1.82, 2.24) is 24.4 Å². The minimum absolute atomic E-state index is 0.0763. The third-order valence-electron chi connectivity index (χ3n) is 5.70. The van der Waals surface area contributed by atoms with Crippen LogP contribution >= 0.6 is 0 Å². The van der Waals surface area contributed by atoms with Gasteiger partial charge in [-0.3, -0.25) is 4.79 Å². The van der Waals surface area contributed by atoms with Gasteiger partial charge in [-0.15, -0.1) is 0 Å². The number of pyridine rings is 1. The number of aromatic nitrogens is 3. The van der Waals surface area contributed by atoms with Crippen molar-refractivity contribution in [2.75, 3.05) is 26.3 Å². The minimum Gasteiger partial charge on any atom is -0.379 e. The summed E-state index contributed by atoms with van der Waals surface area (Å²) in [6.45, 7) is 5.87. The van der Waals surface area contributed by atoms with E-state index in [0.29, 0.717) is 45.7 Å². The topological polar surface area (TPSA) is 106 Å². The van der Waals surface area contributed by atoms with E-state index in [4.69, 9.17) is 4.74 Å². The van der Waals surface area contributed by atoms with Gasteiger partial charge in [0, 0.05) is 37.9 Å². The average molecular weight is 484 g/mol. The van der Waals surface area contributed by atoms with Crippen molar-refractivity contribution in [2.45, 2.75) is 38.1 Å². The summed E-state index contributed by atoms with van der Waals surface area (Å²) in [5.74, 6) is 0.660. The highest BCUT2D eigenvalue weighted by Gasteiger charge is 2.26. The summed E-state index contributed by atoms with van der Waals surface area (Å²) in [5, 5.41) is 7.33. The van der Waals surface area contributed by atoms with Gasteiger partial charge in [0.25, 0.3) is 0 Å². The van der Waals surface area contributed by atoms with Crippen LogP contribution in [0.15, 0.2) is 53.6 Å². The highest BCUT2D eigenvalue weighted by atomic mass is 32.2. The summed E-state index contributed by atoms with van der Waals surface area (Å²) in [4.78, 5) is 17.0. The molecular weight excluding hydrogens is 454 g/mol. The molecule has 10 heteroatoms. The lowest BCUT2D eigenvalue weighted by molar-refractivity contribution is -0.121. The van der Waals surface area contributed by atoms with Crippen molar-refractivity contribution in [2.24, 2.45) is 0 Å². The van der Waals surface area contributed by atoms with E-state index in [1.54, 1.807) is 35.1 Å². The molecule has 1 aromatic carbocycles. The Hall–Kier alpha value is -3.08. The van der Waals surface area contributed by atoms with Gasteiger partial charge in [0.1, 0.15) is 0 Å². The molecule has 0 saturated carbocycles. The van der Waals surface area contributed by atoms with E-state index in [2.05, 4.69) is 15.4 Å². The zero-order valence-corrected chi connectivity index (χ0v) is 20.2. The predicted octanol–water partition coefficient (Wildman–Crippen LogP) is 2.15. The van der Waals surface area contributed by atoms with Gasteiger partial charge in [-0.2, -0.15) is 9.40 Å². The number of hydrogen-bond acceptors (Lipinski definition) is 6. The Balaban J connectivity index is 1.26. The van der Waals surface area contributed by atoms with E-state index in [1.807, 2.05) is 32.0 Å². The second kappa shape index (κ2) is 10.5. The van der Waals surface area contributed by atoms with E-state index in [1.165, 1.54) is 4.31 Å². The molecule has 9 nitrogen and oxygen atoms in total. The molecule has 1 aliphatic rings. The van der Waals surface area contributed by atoms with Crippen LogP contribution in [0.5, 0.6) is 0 Å². The molecule has 3 heterocycles. The molecule has 1 saturated heterocycles. The second-order valence-corrected chi connectivity index (χ2v) is 10.2. The fourth-order valence-electron chi connectivity index (χ4n) is 3.82. The van der Waals surface area contributed by atoms with E-state index < -0.39 is 10.0 Å². The van der Waals surface area contributed by atoms with Gasteiger partial charge in [0.15, 0.2) is 5.82 Å².